The Bertz CT molecular complexity index is 712. The lowest BCUT2D eigenvalue weighted by Crippen LogP contribution is -2.03. The Morgan fingerprint density at radius 3 is 2.41 bits per heavy atom. The summed E-state index contributed by atoms with van der Waals surface area (Å²) < 4.78 is 31.1. The first-order chi connectivity index (χ1) is 7.80. The van der Waals surface area contributed by atoms with Crippen LogP contribution in [0.15, 0.2) is 29.2 Å². The molecule has 0 atom stereocenters. The van der Waals surface area contributed by atoms with Crippen LogP contribution in [-0.2, 0) is 10.1 Å². The fourth-order valence-electron chi connectivity index (χ4n) is 1.59. The van der Waals surface area contributed by atoms with E-state index >= 15 is 0 Å². The molecule has 0 aliphatic carbocycles. The number of phenols is 1. The number of fused-ring (bicyclic) bond motifs is 1. The Morgan fingerprint density at radius 1 is 1.18 bits per heavy atom. The van der Waals surface area contributed by atoms with E-state index < -0.39 is 15.0 Å². The number of phenolic OH excluding ortho intramolecular Hbond substituents is 1. The van der Waals surface area contributed by atoms with Crippen molar-refractivity contribution < 1.29 is 18.1 Å². The van der Waals surface area contributed by atoms with E-state index in [2.05, 4.69) is 0 Å². The van der Waals surface area contributed by atoms with Gasteiger partial charge in [-0.3, -0.25) is 4.55 Å². The Hall–Kier alpha value is -1.50. The van der Waals surface area contributed by atoms with Crippen LogP contribution in [0.5, 0.6) is 5.75 Å². The number of rotatable bonds is 1. The molecule has 0 radical (unpaired) electrons. The standard InChI is InChI=1S/C10H8ClNO4S/c11-5-1-2-6-7(3-5)8(13)4-9(10(6)12)17(14,15)16/h1-4,13H,12H2,(H,14,15,16). The van der Waals surface area contributed by atoms with Crippen molar-refractivity contribution in [2.45, 2.75) is 4.90 Å². The third kappa shape index (κ3) is 2.02. The van der Waals surface area contributed by atoms with Crippen LogP contribution in [0.2, 0.25) is 5.02 Å². The van der Waals surface area contributed by atoms with Crippen LogP contribution in [0.4, 0.5) is 5.69 Å². The molecule has 90 valence electrons. The highest BCUT2D eigenvalue weighted by Gasteiger charge is 2.18. The molecular formula is C10H8ClNO4S. The summed E-state index contributed by atoms with van der Waals surface area (Å²) in [6.45, 7) is 0. The minimum atomic E-state index is -4.48. The first kappa shape index (κ1) is 12.0. The third-order valence-electron chi connectivity index (χ3n) is 2.36. The maximum absolute atomic E-state index is 11.1. The van der Waals surface area contributed by atoms with Crippen LogP contribution in [0.3, 0.4) is 0 Å². The normalized spacial score (nSPS) is 11.9. The molecule has 7 heteroatoms. The third-order valence-corrected chi connectivity index (χ3v) is 3.49. The number of hydrogen-bond donors (Lipinski definition) is 3. The summed E-state index contributed by atoms with van der Waals surface area (Å²) in [5.74, 6) is -0.315. The molecule has 4 N–H and O–H groups in total. The lowest BCUT2D eigenvalue weighted by atomic mass is 10.1. The number of anilines is 1. The number of halogens is 1. The second-order valence-corrected chi connectivity index (χ2v) is 5.30. The van der Waals surface area contributed by atoms with E-state index in [1.54, 1.807) is 0 Å². The molecule has 0 aliphatic heterocycles. The zero-order valence-corrected chi connectivity index (χ0v) is 9.96. The highest BCUT2D eigenvalue weighted by atomic mass is 35.5. The van der Waals surface area contributed by atoms with Crippen LogP contribution in [-0.4, -0.2) is 18.1 Å². The molecule has 0 heterocycles. The molecule has 2 aromatic carbocycles. The molecule has 0 aliphatic rings. The molecule has 0 saturated heterocycles. The summed E-state index contributed by atoms with van der Waals surface area (Å²) in [6, 6.07) is 5.33. The summed E-state index contributed by atoms with van der Waals surface area (Å²) in [5, 5.41) is 10.7. The predicted molar refractivity (Wildman–Crippen MR) is 64.8 cm³/mol. The summed E-state index contributed by atoms with van der Waals surface area (Å²) in [4.78, 5) is -0.523. The van der Waals surface area contributed by atoms with E-state index in [-0.39, 0.29) is 11.4 Å². The van der Waals surface area contributed by atoms with Crippen molar-refractivity contribution >= 4 is 38.2 Å². The molecule has 0 bridgehead atoms. The predicted octanol–water partition coefficient (Wildman–Crippen LogP) is 2.03. The van der Waals surface area contributed by atoms with Gasteiger partial charge in [-0.15, -0.1) is 0 Å². The fraction of sp³-hybridized carbons (Fsp3) is 0. The van der Waals surface area contributed by atoms with Crippen molar-refractivity contribution in [3.05, 3.63) is 29.3 Å². The first-order valence-electron chi connectivity index (χ1n) is 4.49. The van der Waals surface area contributed by atoms with Crippen molar-refractivity contribution in [3.63, 3.8) is 0 Å². The van der Waals surface area contributed by atoms with E-state index in [4.69, 9.17) is 21.9 Å². The van der Waals surface area contributed by atoms with E-state index in [1.165, 1.54) is 18.2 Å². The topological polar surface area (TPSA) is 101 Å². The number of nitrogen functional groups attached to an aromatic ring is 1. The summed E-state index contributed by atoms with van der Waals surface area (Å²) in [7, 11) is -4.48. The van der Waals surface area contributed by atoms with Gasteiger partial charge >= 0.3 is 0 Å². The van der Waals surface area contributed by atoms with Crippen molar-refractivity contribution in [3.8, 4) is 5.75 Å². The van der Waals surface area contributed by atoms with Crippen LogP contribution < -0.4 is 5.73 Å². The van der Waals surface area contributed by atoms with Gasteiger partial charge in [-0.1, -0.05) is 17.7 Å². The van der Waals surface area contributed by atoms with E-state index in [1.807, 2.05) is 0 Å². The van der Waals surface area contributed by atoms with Gasteiger partial charge in [0.2, 0.25) is 0 Å². The van der Waals surface area contributed by atoms with Gasteiger partial charge in [0.05, 0.1) is 5.69 Å². The van der Waals surface area contributed by atoms with Crippen molar-refractivity contribution in [2.75, 3.05) is 5.73 Å². The highest BCUT2D eigenvalue weighted by Crippen LogP contribution is 2.36. The SMILES string of the molecule is Nc1c(S(=O)(=O)O)cc(O)c2cc(Cl)ccc12. The molecule has 2 rings (SSSR count). The van der Waals surface area contributed by atoms with Crippen molar-refractivity contribution in [2.24, 2.45) is 0 Å². The molecule has 0 amide bonds. The van der Waals surface area contributed by atoms with Crippen LogP contribution in [0.25, 0.3) is 10.8 Å². The summed E-state index contributed by atoms with van der Waals surface area (Å²) in [5.41, 5.74) is 5.50. The monoisotopic (exact) mass is 273 g/mol. The zero-order chi connectivity index (χ0) is 12.8. The summed E-state index contributed by atoms with van der Waals surface area (Å²) in [6.07, 6.45) is 0. The maximum Gasteiger partial charge on any atom is 0.296 e. The first-order valence-corrected chi connectivity index (χ1v) is 6.30. The van der Waals surface area contributed by atoms with Crippen LogP contribution in [0.1, 0.15) is 0 Å². The van der Waals surface area contributed by atoms with Gasteiger partial charge in [0.15, 0.2) is 0 Å². The Balaban J connectivity index is 2.96. The Labute approximate surface area is 102 Å². The summed E-state index contributed by atoms with van der Waals surface area (Å²) >= 11 is 5.75. The van der Waals surface area contributed by atoms with Crippen LogP contribution >= 0.6 is 11.6 Å². The molecule has 17 heavy (non-hydrogen) atoms. The minimum Gasteiger partial charge on any atom is -0.507 e. The second kappa shape index (κ2) is 3.76. The van der Waals surface area contributed by atoms with Gasteiger partial charge in [0.1, 0.15) is 10.6 Å². The molecule has 0 saturated carbocycles. The van der Waals surface area contributed by atoms with Gasteiger partial charge in [-0.2, -0.15) is 8.42 Å². The lowest BCUT2D eigenvalue weighted by molar-refractivity contribution is 0.471. The average Bonchev–Trinajstić information content (AvgIpc) is 2.21. The fourth-order valence-corrected chi connectivity index (χ4v) is 2.41. The number of hydrogen-bond acceptors (Lipinski definition) is 4. The number of nitrogens with two attached hydrogens (primary N) is 1. The van der Waals surface area contributed by atoms with Gasteiger partial charge in [0.25, 0.3) is 10.1 Å². The molecule has 0 unspecified atom stereocenters. The van der Waals surface area contributed by atoms with Crippen molar-refractivity contribution in [1.82, 2.24) is 0 Å². The quantitative estimate of drug-likeness (QED) is 0.419. The highest BCUT2D eigenvalue weighted by molar-refractivity contribution is 7.86. The minimum absolute atomic E-state index is 0.128. The van der Waals surface area contributed by atoms with Gasteiger partial charge in [-0.05, 0) is 12.1 Å². The largest absolute Gasteiger partial charge is 0.507 e. The second-order valence-electron chi connectivity index (χ2n) is 3.47. The Kier molecular flexibility index (Phi) is 2.65. The molecule has 0 aromatic heterocycles. The van der Waals surface area contributed by atoms with E-state index in [0.29, 0.717) is 15.8 Å². The molecule has 0 fully saturated rings. The molecule has 0 spiro atoms. The maximum atomic E-state index is 11.1. The van der Waals surface area contributed by atoms with E-state index in [9.17, 15) is 13.5 Å². The van der Waals surface area contributed by atoms with Gasteiger partial charge in [0, 0.05) is 21.9 Å². The van der Waals surface area contributed by atoms with Crippen molar-refractivity contribution in [1.29, 1.82) is 0 Å². The molecular weight excluding hydrogens is 266 g/mol. The number of benzene rings is 2. The van der Waals surface area contributed by atoms with Gasteiger partial charge in [-0.25, -0.2) is 0 Å². The smallest absolute Gasteiger partial charge is 0.296 e. The molecule has 2 aromatic rings. The average molecular weight is 274 g/mol. The van der Waals surface area contributed by atoms with Crippen LogP contribution in [0, 0.1) is 0 Å². The van der Waals surface area contributed by atoms with Gasteiger partial charge < -0.3 is 10.8 Å². The molecule has 5 nitrogen and oxygen atoms in total. The lowest BCUT2D eigenvalue weighted by Gasteiger charge is -2.09. The zero-order valence-electron chi connectivity index (χ0n) is 8.38. The Morgan fingerprint density at radius 2 is 1.82 bits per heavy atom. The number of aromatic hydroxyl groups is 1. The van der Waals surface area contributed by atoms with E-state index in [0.717, 1.165) is 6.07 Å².